The molecule has 0 saturated heterocycles. The maximum atomic E-state index is 10.4. The van der Waals surface area contributed by atoms with Crippen molar-refractivity contribution in [1.29, 1.82) is 0 Å². The number of furan rings is 1. The van der Waals surface area contributed by atoms with Gasteiger partial charge >= 0.3 is 0 Å². The van der Waals surface area contributed by atoms with Crippen LogP contribution in [0.2, 0.25) is 0 Å². The Morgan fingerprint density at radius 3 is 2.69 bits per heavy atom. The van der Waals surface area contributed by atoms with Crippen LogP contribution in [-0.4, -0.2) is 6.29 Å². The van der Waals surface area contributed by atoms with Gasteiger partial charge in [-0.15, -0.1) is 0 Å². The van der Waals surface area contributed by atoms with Gasteiger partial charge in [0.05, 0.1) is 6.26 Å². The van der Waals surface area contributed by atoms with Crippen LogP contribution in [0.25, 0.3) is 0 Å². The molecule has 1 saturated carbocycles. The summed E-state index contributed by atoms with van der Waals surface area (Å²) in [6.07, 6.45) is 8.98. The highest BCUT2D eigenvalue weighted by Gasteiger charge is 2.17. The van der Waals surface area contributed by atoms with Gasteiger partial charge in [-0.1, -0.05) is 19.3 Å². The van der Waals surface area contributed by atoms with E-state index in [1.54, 1.807) is 6.26 Å². The molecule has 1 aromatic rings. The number of rotatable bonds is 2. The molecule has 1 fully saturated rings. The van der Waals surface area contributed by atoms with Crippen molar-refractivity contribution < 1.29 is 9.21 Å². The molecule has 2 nitrogen and oxygen atoms in total. The predicted molar refractivity (Wildman–Crippen MR) is 49.9 cm³/mol. The van der Waals surface area contributed by atoms with Crippen molar-refractivity contribution >= 4 is 6.29 Å². The SMILES string of the molecule is O=Cc1cc(C2CCCCC2)co1. The zero-order chi connectivity index (χ0) is 9.10. The normalized spacial score (nSPS) is 18.8. The molecule has 1 aliphatic carbocycles. The van der Waals surface area contributed by atoms with Gasteiger partial charge in [0.1, 0.15) is 0 Å². The third-order valence-electron chi connectivity index (χ3n) is 2.83. The Labute approximate surface area is 77.9 Å². The first-order valence-electron chi connectivity index (χ1n) is 4.94. The topological polar surface area (TPSA) is 30.2 Å². The monoisotopic (exact) mass is 178 g/mol. The molecule has 13 heavy (non-hydrogen) atoms. The van der Waals surface area contributed by atoms with Crippen LogP contribution in [0.3, 0.4) is 0 Å². The fourth-order valence-corrected chi connectivity index (χ4v) is 2.08. The molecular weight excluding hydrogens is 164 g/mol. The van der Waals surface area contributed by atoms with E-state index < -0.39 is 0 Å². The van der Waals surface area contributed by atoms with Crippen molar-refractivity contribution in [2.24, 2.45) is 0 Å². The van der Waals surface area contributed by atoms with Crippen LogP contribution in [0.4, 0.5) is 0 Å². The minimum atomic E-state index is 0.459. The first-order valence-corrected chi connectivity index (χ1v) is 4.94. The second-order valence-electron chi connectivity index (χ2n) is 3.74. The third kappa shape index (κ3) is 1.82. The van der Waals surface area contributed by atoms with Gasteiger partial charge in [0, 0.05) is 0 Å². The molecule has 0 bridgehead atoms. The number of hydrogen-bond acceptors (Lipinski definition) is 2. The molecule has 1 aromatic heterocycles. The largest absolute Gasteiger partial charge is 0.461 e. The van der Waals surface area contributed by atoms with E-state index in [4.69, 9.17) is 4.42 Å². The maximum absolute atomic E-state index is 10.4. The van der Waals surface area contributed by atoms with E-state index in [2.05, 4.69) is 0 Å². The summed E-state index contributed by atoms with van der Waals surface area (Å²) in [5.41, 5.74) is 1.21. The van der Waals surface area contributed by atoms with E-state index in [9.17, 15) is 4.79 Å². The van der Waals surface area contributed by atoms with Crippen molar-refractivity contribution in [1.82, 2.24) is 0 Å². The second-order valence-corrected chi connectivity index (χ2v) is 3.74. The standard InChI is InChI=1S/C11H14O2/c12-7-11-6-10(8-13-11)9-4-2-1-3-5-9/h6-9H,1-5H2. The zero-order valence-corrected chi connectivity index (χ0v) is 7.66. The minimum Gasteiger partial charge on any atom is -0.461 e. The molecule has 0 amide bonds. The van der Waals surface area contributed by atoms with Crippen molar-refractivity contribution in [3.05, 3.63) is 23.7 Å². The smallest absolute Gasteiger partial charge is 0.185 e. The summed E-state index contributed by atoms with van der Waals surface area (Å²) in [6, 6.07) is 1.88. The summed E-state index contributed by atoms with van der Waals surface area (Å²) in [5.74, 6) is 1.09. The third-order valence-corrected chi connectivity index (χ3v) is 2.83. The molecule has 0 radical (unpaired) electrons. The first-order chi connectivity index (χ1) is 6.40. The Balaban J connectivity index is 2.09. The lowest BCUT2D eigenvalue weighted by Gasteiger charge is -2.19. The number of hydrogen-bond donors (Lipinski definition) is 0. The van der Waals surface area contributed by atoms with E-state index in [1.807, 2.05) is 6.07 Å². The van der Waals surface area contributed by atoms with Crippen molar-refractivity contribution in [2.45, 2.75) is 38.0 Å². The maximum Gasteiger partial charge on any atom is 0.185 e. The Kier molecular flexibility index (Phi) is 2.48. The molecule has 1 heterocycles. The van der Waals surface area contributed by atoms with Crippen molar-refractivity contribution in [2.75, 3.05) is 0 Å². The molecule has 0 spiro atoms. The Hall–Kier alpha value is -1.05. The molecule has 0 aliphatic heterocycles. The van der Waals surface area contributed by atoms with Gasteiger partial charge in [-0.2, -0.15) is 0 Å². The van der Waals surface area contributed by atoms with Crippen LogP contribution in [-0.2, 0) is 0 Å². The average molecular weight is 178 g/mol. The molecule has 0 atom stereocenters. The van der Waals surface area contributed by atoms with Crippen molar-refractivity contribution in [3.8, 4) is 0 Å². The lowest BCUT2D eigenvalue weighted by molar-refractivity contribution is 0.110. The molecular formula is C11H14O2. The van der Waals surface area contributed by atoms with Gasteiger partial charge in [-0.05, 0) is 30.4 Å². The lowest BCUT2D eigenvalue weighted by Crippen LogP contribution is -2.02. The van der Waals surface area contributed by atoms with Gasteiger partial charge in [0.25, 0.3) is 0 Å². The fraction of sp³-hybridized carbons (Fsp3) is 0.545. The summed E-state index contributed by atoms with van der Waals surface area (Å²) in [4.78, 5) is 10.4. The first kappa shape index (κ1) is 8.54. The van der Waals surface area contributed by atoms with Crippen LogP contribution in [0.15, 0.2) is 16.7 Å². The molecule has 0 aromatic carbocycles. The number of aldehydes is 1. The van der Waals surface area contributed by atoms with E-state index in [0.29, 0.717) is 11.7 Å². The summed E-state index contributed by atoms with van der Waals surface area (Å²) in [5, 5.41) is 0. The zero-order valence-electron chi connectivity index (χ0n) is 7.66. The predicted octanol–water partition coefficient (Wildman–Crippen LogP) is 3.14. The van der Waals surface area contributed by atoms with Crippen LogP contribution in [0.5, 0.6) is 0 Å². The molecule has 1 aliphatic rings. The molecule has 0 unspecified atom stereocenters. The molecule has 0 N–H and O–H groups in total. The highest BCUT2D eigenvalue weighted by molar-refractivity contribution is 5.70. The summed E-state index contributed by atoms with van der Waals surface area (Å²) in [6.45, 7) is 0. The van der Waals surface area contributed by atoms with Gasteiger partial charge in [0.15, 0.2) is 12.0 Å². The molecule has 2 heteroatoms. The van der Waals surface area contributed by atoms with Crippen LogP contribution < -0.4 is 0 Å². The van der Waals surface area contributed by atoms with E-state index in [0.717, 1.165) is 6.29 Å². The van der Waals surface area contributed by atoms with Crippen LogP contribution in [0, 0.1) is 0 Å². The van der Waals surface area contributed by atoms with Crippen molar-refractivity contribution in [3.63, 3.8) is 0 Å². The minimum absolute atomic E-state index is 0.459. The van der Waals surface area contributed by atoms with Crippen LogP contribution in [0.1, 0.15) is 54.1 Å². The fourth-order valence-electron chi connectivity index (χ4n) is 2.08. The average Bonchev–Trinajstić information content (AvgIpc) is 2.67. The van der Waals surface area contributed by atoms with Gasteiger partial charge in [-0.3, -0.25) is 4.79 Å². The van der Waals surface area contributed by atoms with Gasteiger partial charge < -0.3 is 4.42 Å². The van der Waals surface area contributed by atoms with Gasteiger partial charge in [0.2, 0.25) is 0 Å². The summed E-state index contributed by atoms with van der Waals surface area (Å²) in [7, 11) is 0. The Morgan fingerprint density at radius 1 is 1.31 bits per heavy atom. The van der Waals surface area contributed by atoms with E-state index >= 15 is 0 Å². The summed E-state index contributed by atoms with van der Waals surface area (Å²) < 4.78 is 5.10. The Morgan fingerprint density at radius 2 is 2.08 bits per heavy atom. The highest BCUT2D eigenvalue weighted by Crippen LogP contribution is 2.33. The van der Waals surface area contributed by atoms with Crippen LogP contribution >= 0.6 is 0 Å². The quantitative estimate of drug-likeness (QED) is 0.651. The van der Waals surface area contributed by atoms with E-state index in [1.165, 1.54) is 37.7 Å². The number of carbonyl (C=O) groups is 1. The van der Waals surface area contributed by atoms with Gasteiger partial charge in [-0.25, -0.2) is 0 Å². The molecule has 2 rings (SSSR count). The Bertz CT molecular complexity index is 282. The summed E-state index contributed by atoms with van der Waals surface area (Å²) >= 11 is 0. The second kappa shape index (κ2) is 3.77. The number of carbonyl (C=O) groups excluding carboxylic acids is 1. The highest BCUT2D eigenvalue weighted by atomic mass is 16.3. The van der Waals surface area contributed by atoms with E-state index in [-0.39, 0.29) is 0 Å². The lowest BCUT2D eigenvalue weighted by atomic mass is 9.85. The molecule has 70 valence electrons.